The lowest BCUT2D eigenvalue weighted by atomic mass is 9.93. The highest BCUT2D eigenvalue weighted by Crippen LogP contribution is 2.53. The molecule has 0 aromatic heterocycles. The standard InChI is InChI=1S/C24H25P/c1-19-11-8-9-16-22(19)23-17-10-18-24(23)25(20-12-4-2-5-13-20)21-14-6-3-7-15-21/h2-9,11-16,23-24H,10,17-18H2,1H3. The molecule has 1 aliphatic rings. The van der Waals surface area contributed by atoms with Crippen LogP contribution in [-0.4, -0.2) is 5.66 Å². The molecule has 0 amide bonds. The fourth-order valence-corrected chi connectivity index (χ4v) is 7.49. The van der Waals surface area contributed by atoms with E-state index in [1.54, 1.807) is 5.56 Å². The minimum Gasteiger partial charge on any atom is -0.0622 e. The Morgan fingerprint density at radius 3 is 1.84 bits per heavy atom. The second-order valence-electron chi connectivity index (χ2n) is 7.00. The van der Waals surface area contributed by atoms with Crippen molar-refractivity contribution in [3.8, 4) is 0 Å². The molecule has 2 unspecified atom stereocenters. The van der Waals surface area contributed by atoms with E-state index < -0.39 is 0 Å². The van der Waals surface area contributed by atoms with Gasteiger partial charge in [0.15, 0.2) is 0 Å². The molecule has 1 saturated carbocycles. The third-order valence-electron chi connectivity index (χ3n) is 5.47. The van der Waals surface area contributed by atoms with Crippen LogP contribution in [-0.2, 0) is 0 Å². The topological polar surface area (TPSA) is 0 Å². The zero-order valence-electron chi connectivity index (χ0n) is 14.8. The molecule has 0 N–H and O–H groups in total. The maximum Gasteiger partial charge on any atom is -0.00599 e. The van der Waals surface area contributed by atoms with Gasteiger partial charge in [-0.15, -0.1) is 0 Å². The lowest BCUT2D eigenvalue weighted by Gasteiger charge is -2.31. The second-order valence-corrected chi connectivity index (χ2v) is 9.44. The van der Waals surface area contributed by atoms with Gasteiger partial charge in [-0.1, -0.05) is 91.3 Å². The molecule has 3 aromatic carbocycles. The summed E-state index contributed by atoms with van der Waals surface area (Å²) in [7, 11) is -0.327. The number of hydrogen-bond donors (Lipinski definition) is 0. The Labute approximate surface area is 152 Å². The first kappa shape index (κ1) is 16.6. The lowest BCUT2D eigenvalue weighted by molar-refractivity contribution is 0.727. The molecule has 3 aromatic rings. The first-order chi connectivity index (χ1) is 12.3. The van der Waals surface area contributed by atoms with Crippen molar-refractivity contribution >= 4 is 18.5 Å². The fraction of sp³-hybridized carbons (Fsp3) is 0.250. The van der Waals surface area contributed by atoms with E-state index in [-0.39, 0.29) is 7.92 Å². The molecule has 1 fully saturated rings. The average Bonchev–Trinajstić information content (AvgIpc) is 3.13. The predicted octanol–water partition coefficient (Wildman–Crippen LogP) is 5.76. The van der Waals surface area contributed by atoms with Gasteiger partial charge in [0.1, 0.15) is 0 Å². The molecule has 126 valence electrons. The maximum atomic E-state index is 2.36. The Balaban J connectivity index is 1.78. The molecule has 0 saturated heterocycles. The summed E-state index contributed by atoms with van der Waals surface area (Å²) >= 11 is 0. The number of hydrogen-bond acceptors (Lipinski definition) is 0. The maximum absolute atomic E-state index is 2.36. The number of aryl methyl sites for hydroxylation is 1. The Morgan fingerprint density at radius 1 is 0.680 bits per heavy atom. The van der Waals surface area contributed by atoms with Crippen LogP contribution in [0.2, 0.25) is 0 Å². The zero-order chi connectivity index (χ0) is 17.1. The summed E-state index contributed by atoms with van der Waals surface area (Å²) in [6.45, 7) is 2.28. The van der Waals surface area contributed by atoms with Crippen LogP contribution in [0, 0.1) is 6.92 Å². The average molecular weight is 344 g/mol. The molecule has 0 heterocycles. The van der Waals surface area contributed by atoms with E-state index in [0.29, 0.717) is 5.92 Å². The minimum atomic E-state index is -0.327. The van der Waals surface area contributed by atoms with Gasteiger partial charge < -0.3 is 0 Å². The van der Waals surface area contributed by atoms with Gasteiger partial charge in [0, 0.05) is 0 Å². The summed E-state index contributed by atoms with van der Waals surface area (Å²) in [5.41, 5.74) is 3.76. The first-order valence-electron chi connectivity index (χ1n) is 9.29. The van der Waals surface area contributed by atoms with E-state index in [1.807, 2.05) is 0 Å². The highest BCUT2D eigenvalue weighted by molar-refractivity contribution is 7.73. The third-order valence-corrected chi connectivity index (χ3v) is 8.46. The highest BCUT2D eigenvalue weighted by atomic mass is 31.1. The van der Waals surface area contributed by atoms with Gasteiger partial charge in [-0.25, -0.2) is 0 Å². The third kappa shape index (κ3) is 3.42. The smallest absolute Gasteiger partial charge is 0.00599 e. The molecule has 4 rings (SSSR count). The van der Waals surface area contributed by atoms with E-state index in [1.165, 1.54) is 35.4 Å². The quantitative estimate of drug-likeness (QED) is 0.528. The molecular weight excluding hydrogens is 319 g/mol. The molecule has 0 radical (unpaired) electrons. The van der Waals surface area contributed by atoms with Crippen molar-refractivity contribution < 1.29 is 0 Å². The van der Waals surface area contributed by atoms with Crippen molar-refractivity contribution in [1.82, 2.24) is 0 Å². The minimum absolute atomic E-state index is 0.327. The Bertz CT molecular complexity index is 770. The van der Waals surface area contributed by atoms with Gasteiger partial charge in [0.2, 0.25) is 0 Å². The highest BCUT2D eigenvalue weighted by Gasteiger charge is 2.36. The summed E-state index contributed by atoms with van der Waals surface area (Å²) in [6, 6.07) is 31.4. The molecule has 2 atom stereocenters. The van der Waals surface area contributed by atoms with Gasteiger partial charge >= 0.3 is 0 Å². The van der Waals surface area contributed by atoms with Crippen molar-refractivity contribution in [2.75, 3.05) is 0 Å². The SMILES string of the molecule is Cc1ccccc1C1CCCC1P(c1ccccc1)c1ccccc1. The van der Waals surface area contributed by atoms with Crippen molar-refractivity contribution in [2.45, 2.75) is 37.8 Å². The molecular formula is C24H25P. The van der Waals surface area contributed by atoms with Crippen LogP contribution in [0.15, 0.2) is 84.9 Å². The van der Waals surface area contributed by atoms with Gasteiger partial charge in [-0.3, -0.25) is 0 Å². The van der Waals surface area contributed by atoms with Crippen LogP contribution in [0.25, 0.3) is 0 Å². The normalized spacial score (nSPS) is 20.1. The summed E-state index contributed by atoms with van der Waals surface area (Å²) in [5, 5.41) is 3.04. The van der Waals surface area contributed by atoms with Gasteiger partial charge in [0.05, 0.1) is 0 Å². The van der Waals surface area contributed by atoms with Gasteiger partial charge in [-0.05, 0) is 61.0 Å². The molecule has 0 aliphatic heterocycles. The predicted molar refractivity (Wildman–Crippen MR) is 111 cm³/mol. The van der Waals surface area contributed by atoms with E-state index in [0.717, 1.165) is 5.66 Å². The molecule has 0 spiro atoms. The first-order valence-corrected chi connectivity index (χ1v) is 10.7. The molecule has 25 heavy (non-hydrogen) atoms. The Hall–Kier alpha value is -1.91. The van der Waals surface area contributed by atoms with Crippen LogP contribution in [0.1, 0.15) is 36.3 Å². The molecule has 1 aliphatic carbocycles. The molecule has 1 heteroatoms. The number of rotatable bonds is 4. The number of benzene rings is 3. The largest absolute Gasteiger partial charge is 0.0622 e. The van der Waals surface area contributed by atoms with E-state index in [4.69, 9.17) is 0 Å². The van der Waals surface area contributed by atoms with Crippen LogP contribution in [0.3, 0.4) is 0 Å². The Morgan fingerprint density at radius 2 is 1.24 bits per heavy atom. The second kappa shape index (κ2) is 7.54. The summed E-state index contributed by atoms with van der Waals surface area (Å²) < 4.78 is 0. The van der Waals surface area contributed by atoms with Gasteiger partial charge in [-0.2, -0.15) is 0 Å². The van der Waals surface area contributed by atoms with Crippen molar-refractivity contribution in [2.24, 2.45) is 0 Å². The Kier molecular flexibility index (Phi) is 4.99. The summed E-state index contributed by atoms with van der Waals surface area (Å²) in [6.07, 6.45) is 4.02. The van der Waals surface area contributed by atoms with Crippen LogP contribution in [0.4, 0.5) is 0 Å². The van der Waals surface area contributed by atoms with Crippen LogP contribution < -0.4 is 10.6 Å². The molecule has 0 nitrogen and oxygen atoms in total. The van der Waals surface area contributed by atoms with E-state index in [9.17, 15) is 0 Å². The lowest BCUT2D eigenvalue weighted by Crippen LogP contribution is -2.24. The molecule has 0 bridgehead atoms. The van der Waals surface area contributed by atoms with Crippen molar-refractivity contribution in [3.63, 3.8) is 0 Å². The summed E-state index contributed by atoms with van der Waals surface area (Å²) in [5.74, 6) is 0.688. The fourth-order valence-electron chi connectivity index (χ4n) is 4.32. The van der Waals surface area contributed by atoms with Gasteiger partial charge in [0.25, 0.3) is 0 Å². The van der Waals surface area contributed by atoms with Crippen molar-refractivity contribution in [1.29, 1.82) is 0 Å². The van der Waals surface area contributed by atoms with Crippen molar-refractivity contribution in [3.05, 3.63) is 96.1 Å². The van der Waals surface area contributed by atoms with E-state index in [2.05, 4.69) is 91.9 Å². The summed E-state index contributed by atoms with van der Waals surface area (Å²) in [4.78, 5) is 0. The van der Waals surface area contributed by atoms with Crippen LogP contribution in [0.5, 0.6) is 0 Å². The van der Waals surface area contributed by atoms with E-state index >= 15 is 0 Å². The zero-order valence-corrected chi connectivity index (χ0v) is 15.7. The monoisotopic (exact) mass is 344 g/mol. The van der Waals surface area contributed by atoms with Crippen LogP contribution >= 0.6 is 7.92 Å².